The number of H-pyrrole nitrogens is 1. The van der Waals surface area contributed by atoms with Gasteiger partial charge in [0.25, 0.3) is 5.91 Å². The fourth-order valence-corrected chi connectivity index (χ4v) is 2.95. The van der Waals surface area contributed by atoms with Crippen molar-refractivity contribution >= 4 is 5.91 Å². The summed E-state index contributed by atoms with van der Waals surface area (Å²) in [5.41, 5.74) is 3.37. The van der Waals surface area contributed by atoms with Crippen LogP contribution in [0.4, 0.5) is 0 Å². The predicted molar refractivity (Wildman–Crippen MR) is 96.8 cm³/mol. The van der Waals surface area contributed by atoms with Crippen LogP contribution in [0.25, 0.3) is 0 Å². The first-order valence-electron chi connectivity index (χ1n) is 9.03. The molecule has 2 aromatic rings. The smallest absolute Gasteiger partial charge is 0.272 e. The van der Waals surface area contributed by atoms with E-state index in [4.69, 9.17) is 14.2 Å². The fraction of sp³-hybridized carbons (Fsp3) is 0.474. The number of carbonyl (C=O) groups excluding carboxylic acids is 1. The second-order valence-corrected chi connectivity index (χ2v) is 5.98. The molecule has 3 rings (SSSR count). The van der Waals surface area contributed by atoms with Crippen LogP contribution in [0.2, 0.25) is 0 Å². The number of ether oxygens (including phenoxy) is 3. The van der Waals surface area contributed by atoms with Gasteiger partial charge in [0.05, 0.1) is 26.4 Å². The molecule has 0 spiro atoms. The largest absolute Gasteiger partial charge is 0.490 e. The van der Waals surface area contributed by atoms with Gasteiger partial charge in [0.2, 0.25) is 0 Å². The quantitative estimate of drug-likeness (QED) is 0.755. The summed E-state index contributed by atoms with van der Waals surface area (Å²) in [7, 11) is 0. The molecule has 2 heterocycles. The Labute approximate surface area is 153 Å². The highest BCUT2D eigenvalue weighted by Crippen LogP contribution is 2.28. The molecule has 1 aliphatic rings. The van der Waals surface area contributed by atoms with Crippen LogP contribution in [-0.2, 0) is 24.2 Å². The Bertz CT molecular complexity index is 757. The SMILES string of the molecule is CCOc1ccc(CCNC(=O)c2n[nH]c3c2COCC3)cc1OCC. The van der Waals surface area contributed by atoms with Crippen molar-refractivity contribution in [3.63, 3.8) is 0 Å². The zero-order valence-electron chi connectivity index (χ0n) is 15.3. The highest BCUT2D eigenvalue weighted by Gasteiger charge is 2.21. The summed E-state index contributed by atoms with van der Waals surface area (Å²) in [6.45, 7) is 6.66. The Balaban J connectivity index is 1.58. The average molecular weight is 359 g/mol. The summed E-state index contributed by atoms with van der Waals surface area (Å²) in [6.07, 6.45) is 1.46. The van der Waals surface area contributed by atoms with Crippen molar-refractivity contribution < 1.29 is 19.0 Å². The van der Waals surface area contributed by atoms with Gasteiger partial charge in [-0.2, -0.15) is 5.10 Å². The summed E-state index contributed by atoms with van der Waals surface area (Å²) in [6, 6.07) is 5.86. The van der Waals surface area contributed by atoms with E-state index in [0.717, 1.165) is 34.7 Å². The lowest BCUT2D eigenvalue weighted by Gasteiger charge is -2.13. The highest BCUT2D eigenvalue weighted by atomic mass is 16.5. The number of benzene rings is 1. The minimum atomic E-state index is -0.177. The third kappa shape index (κ3) is 4.16. The van der Waals surface area contributed by atoms with Gasteiger partial charge in [0.15, 0.2) is 17.2 Å². The summed E-state index contributed by atoms with van der Waals surface area (Å²) >= 11 is 0. The van der Waals surface area contributed by atoms with Crippen molar-refractivity contribution in [1.82, 2.24) is 15.5 Å². The van der Waals surface area contributed by atoms with E-state index in [-0.39, 0.29) is 5.91 Å². The number of aromatic amines is 1. The molecule has 1 amide bonds. The zero-order chi connectivity index (χ0) is 18.4. The van der Waals surface area contributed by atoms with Crippen LogP contribution in [0.5, 0.6) is 11.5 Å². The van der Waals surface area contributed by atoms with Gasteiger partial charge >= 0.3 is 0 Å². The number of amides is 1. The van der Waals surface area contributed by atoms with E-state index in [0.29, 0.717) is 45.1 Å². The second kappa shape index (κ2) is 8.71. The molecule has 2 N–H and O–H groups in total. The monoisotopic (exact) mass is 359 g/mol. The van der Waals surface area contributed by atoms with Crippen LogP contribution < -0.4 is 14.8 Å². The molecular formula is C19H25N3O4. The van der Waals surface area contributed by atoms with Gasteiger partial charge in [-0.25, -0.2) is 0 Å². The number of nitrogens with zero attached hydrogens (tertiary/aromatic N) is 1. The van der Waals surface area contributed by atoms with E-state index in [1.807, 2.05) is 32.0 Å². The van der Waals surface area contributed by atoms with Crippen molar-refractivity contribution in [3.05, 3.63) is 40.7 Å². The lowest BCUT2D eigenvalue weighted by molar-refractivity contribution is 0.0925. The summed E-state index contributed by atoms with van der Waals surface area (Å²) in [5, 5.41) is 10.00. The van der Waals surface area contributed by atoms with Crippen LogP contribution in [0.15, 0.2) is 18.2 Å². The van der Waals surface area contributed by atoms with Crippen LogP contribution in [-0.4, -0.2) is 42.5 Å². The van der Waals surface area contributed by atoms with Gasteiger partial charge in [-0.3, -0.25) is 9.89 Å². The third-order valence-electron chi connectivity index (χ3n) is 4.22. The second-order valence-electron chi connectivity index (χ2n) is 5.98. The van der Waals surface area contributed by atoms with Crippen molar-refractivity contribution in [2.24, 2.45) is 0 Å². The number of nitrogens with one attached hydrogen (secondary N) is 2. The van der Waals surface area contributed by atoms with Crippen molar-refractivity contribution in [1.29, 1.82) is 0 Å². The number of aromatic nitrogens is 2. The lowest BCUT2D eigenvalue weighted by Crippen LogP contribution is -2.27. The fourth-order valence-electron chi connectivity index (χ4n) is 2.95. The molecule has 0 saturated carbocycles. The number of hydrogen-bond acceptors (Lipinski definition) is 5. The molecule has 7 nitrogen and oxygen atoms in total. The first-order chi connectivity index (χ1) is 12.7. The Morgan fingerprint density at radius 2 is 2.08 bits per heavy atom. The topological polar surface area (TPSA) is 85.5 Å². The summed E-state index contributed by atoms with van der Waals surface area (Å²) in [5.74, 6) is 1.30. The third-order valence-corrected chi connectivity index (χ3v) is 4.22. The van der Waals surface area contributed by atoms with Crippen molar-refractivity contribution in [2.75, 3.05) is 26.4 Å². The maximum atomic E-state index is 12.4. The molecule has 0 saturated heterocycles. The van der Waals surface area contributed by atoms with E-state index in [1.165, 1.54) is 0 Å². The normalized spacial score (nSPS) is 13.2. The standard InChI is InChI=1S/C19H25N3O4/c1-3-25-16-6-5-13(11-17(16)26-4-2)7-9-20-19(23)18-14-12-24-10-8-15(14)21-22-18/h5-6,11H,3-4,7-10,12H2,1-2H3,(H,20,23)(H,21,22). The van der Waals surface area contributed by atoms with Crippen molar-refractivity contribution in [2.45, 2.75) is 33.3 Å². The minimum Gasteiger partial charge on any atom is -0.490 e. The average Bonchev–Trinajstić information content (AvgIpc) is 3.08. The lowest BCUT2D eigenvalue weighted by atomic mass is 10.1. The molecule has 0 fully saturated rings. The van der Waals surface area contributed by atoms with Gasteiger partial charge in [0, 0.05) is 24.2 Å². The number of carbonyl (C=O) groups is 1. The molecular weight excluding hydrogens is 334 g/mol. The first-order valence-corrected chi connectivity index (χ1v) is 9.03. The minimum absolute atomic E-state index is 0.177. The van der Waals surface area contributed by atoms with Crippen LogP contribution in [0.3, 0.4) is 0 Å². The van der Waals surface area contributed by atoms with E-state index in [9.17, 15) is 4.79 Å². The molecule has 0 unspecified atom stereocenters. The van der Waals surface area contributed by atoms with Gasteiger partial charge < -0.3 is 19.5 Å². The maximum Gasteiger partial charge on any atom is 0.272 e. The Morgan fingerprint density at radius 3 is 2.88 bits per heavy atom. The Kier molecular flexibility index (Phi) is 6.12. The first kappa shape index (κ1) is 18.3. The van der Waals surface area contributed by atoms with Crippen LogP contribution in [0, 0.1) is 0 Å². The highest BCUT2D eigenvalue weighted by molar-refractivity contribution is 5.93. The van der Waals surface area contributed by atoms with E-state index in [1.54, 1.807) is 0 Å². The molecule has 140 valence electrons. The number of hydrogen-bond donors (Lipinski definition) is 2. The molecule has 1 aromatic carbocycles. The summed E-state index contributed by atoms with van der Waals surface area (Å²) in [4.78, 5) is 12.4. The molecule has 1 aliphatic heterocycles. The maximum absolute atomic E-state index is 12.4. The van der Waals surface area contributed by atoms with Gasteiger partial charge in [0.1, 0.15) is 0 Å². The Morgan fingerprint density at radius 1 is 1.27 bits per heavy atom. The van der Waals surface area contributed by atoms with Crippen LogP contribution in [0.1, 0.15) is 41.2 Å². The van der Waals surface area contributed by atoms with Crippen LogP contribution >= 0.6 is 0 Å². The molecule has 0 radical (unpaired) electrons. The Hall–Kier alpha value is -2.54. The predicted octanol–water partition coefficient (Wildman–Crippen LogP) is 2.25. The molecule has 0 bridgehead atoms. The zero-order valence-corrected chi connectivity index (χ0v) is 15.3. The van der Waals surface area contributed by atoms with Gasteiger partial charge in [-0.15, -0.1) is 0 Å². The number of rotatable bonds is 8. The van der Waals surface area contributed by atoms with E-state index >= 15 is 0 Å². The molecule has 26 heavy (non-hydrogen) atoms. The van der Waals surface area contributed by atoms with Gasteiger partial charge in [-0.1, -0.05) is 6.07 Å². The van der Waals surface area contributed by atoms with E-state index < -0.39 is 0 Å². The number of fused-ring (bicyclic) bond motifs is 1. The molecule has 0 atom stereocenters. The van der Waals surface area contributed by atoms with Gasteiger partial charge in [-0.05, 0) is 38.0 Å². The summed E-state index contributed by atoms with van der Waals surface area (Å²) < 4.78 is 16.6. The molecule has 7 heteroatoms. The van der Waals surface area contributed by atoms with Crippen molar-refractivity contribution in [3.8, 4) is 11.5 Å². The van der Waals surface area contributed by atoms with E-state index in [2.05, 4.69) is 15.5 Å². The molecule has 1 aromatic heterocycles. The molecule has 0 aliphatic carbocycles.